The minimum Gasteiger partial charge on any atom is -0.360 e. The van der Waals surface area contributed by atoms with Gasteiger partial charge in [0.2, 0.25) is 0 Å². The van der Waals surface area contributed by atoms with Crippen LogP contribution in [-0.2, 0) is 11.3 Å². The number of carbonyl (C=O) groups is 1. The van der Waals surface area contributed by atoms with Crippen molar-refractivity contribution in [3.63, 3.8) is 0 Å². The average Bonchev–Trinajstić information content (AvgIpc) is 2.58. The monoisotopic (exact) mass is 325 g/mol. The van der Waals surface area contributed by atoms with Crippen molar-refractivity contribution in [2.75, 3.05) is 5.32 Å². The summed E-state index contributed by atoms with van der Waals surface area (Å²) >= 11 is 6.04. The maximum atomic E-state index is 12.1. The lowest BCUT2D eigenvalue weighted by Crippen LogP contribution is -2.24. The Kier molecular flexibility index (Phi) is 5.79. The molecule has 0 spiro atoms. The Labute approximate surface area is 140 Å². The molecule has 2 aromatic rings. The van der Waals surface area contributed by atoms with Crippen LogP contribution in [0, 0.1) is 18.3 Å². The van der Waals surface area contributed by atoms with Gasteiger partial charge in [-0.05, 0) is 30.2 Å². The van der Waals surface area contributed by atoms with Gasteiger partial charge in [-0.25, -0.2) is 0 Å². The van der Waals surface area contributed by atoms with E-state index in [0.717, 1.165) is 16.8 Å². The van der Waals surface area contributed by atoms with Crippen LogP contribution < -0.4 is 10.6 Å². The molecule has 23 heavy (non-hydrogen) atoms. The predicted molar refractivity (Wildman–Crippen MR) is 91.8 cm³/mol. The minimum atomic E-state index is -0.427. The zero-order valence-corrected chi connectivity index (χ0v) is 13.4. The SMILES string of the molecule is Cc1c(Cl)cccc1N/C=C(/C#N)C(=O)NCc1ccccc1. The quantitative estimate of drug-likeness (QED) is 0.649. The van der Waals surface area contributed by atoms with Gasteiger partial charge in [0.1, 0.15) is 11.6 Å². The van der Waals surface area contributed by atoms with Crippen molar-refractivity contribution in [3.8, 4) is 6.07 Å². The van der Waals surface area contributed by atoms with Crippen LogP contribution in [-0.4, -0.2) is 5.91 Å². The third-order valence-electron chi connectivity index (χ3n) is 3.30. The van der Waals surface area contributed by atoms with Gasteiger partial charge >= 0.3 is 0 Å². The zero-order chi connectivity index (χ0) is 16.7. The number of amides is 1. The van der Waals surface area contributed by atoms with Gasteiger partial charge in [-0.3, -0.25) is 4.79 Å². The lowest BCUT2D eigenvalue weighted by molar-refractivity contribution is -0.117. The number of nitrogens with zero attached hydrogens (tertiary/aromatic N) is 1. The molecule has 4 nitrogen and oxygen atoms in total. The highest BCUT2D eigenvalue weighted by Gasteiger charge is 2.09. The molecule has 2 rings (SSSR count). The van der Waals surface area contributed by atoms with Crippen molar-refractivity contribution < 1.29 is 4.79 Å². The van der Waals surface area contributed by atoms with E-state index in [4.69, 9.17) is 16.9 Å². The molecule has 0 unspecified atom stereocenters. The molecule has 5 heteroatoms. The Morgan fingerprint density at radius 3 is 2.65 bits per heavy atom. The Morgan fingerprint density at radius 2 is 1.96 bits per heavy atom. The predicted octanol–water partition coefficient (Wildman–Crippen LogP) is 3.78. The fourth-order valence-electron chi connectivity index (χ4n) is 1.94. The summed E-state index contributed by atoms with van der Waals surface area (Å²) in [5, 5.41) is 15.4. The van der Waals surface area contributed by atoms with E-state index >= 15 is 0 Å². The van der Waals surface area contributed by atoms with Crippen molar-refractivity contribution in [2.24, 2.45) is 0 Å². The maximum absolute atomic E-state index is 12.1. The first-order valence-corrected chi connectivity index (χ1v) is 7.43. The second-order valence-electron chi connectivity index (χ2n) is 4.89. The summed E-state index contributed by atoms with van der Waals surface area (Å²) < 4.78 is 0. The summed E-state index contributed by atoms with van der Waals surface area (Å²) in [6, 6.07) is 16.8. The van der Waals surface area contributed by atoms with Crippen LogP contribution in [0.3, 0.4) is 0 Å². The number of nitrogens with one attached hydrogen (secondary N) is 2. The molecule has 0 aliphatic heterocycles. The smallest absolute Gasteiger partial charge is 0.263 e. The van der Waals surface area contributed by atoms with Gasteiger partial charge in [-0.1, -0.05) is 48.0 Å². The molecule has 2 N–H and O–H groups in total. The first-order chi connectivity index (χ1) is 11.1. The second-order valence-corrected chi connectivity index (χ2v) is 5.30. The molecule has 0 bridgehead atoms. The third-order valence-corrected chi connectivity index (χ3v) is 3.71. The van der Waals surface area contributed by atoms with Crippen molar-refractivity contribution in [3.05, 3.63) is 76.5 Å². The Hall–Kier alpha value is -2.77. The highest BCUT2D eigenvalue weighted by atomic mass is 35.5. The topological polar surface area (TPSA) is 64.9 Å². The molecule has 0 heterocycles. The Morgan fingerprint density at radius 1 is 1.22 bits per heavy atom. The number of hydrogen-bond acceptors (Lipinski definition) is 3. The largest absolute Gasteiger partial charge is 0.360 e. The van der Waals surface area contributed by atoms with E-state index in [-0.39, 0.29) is 5.57 Å². The summed E-state index contributed by atoms with van der Waals surface area (Å²) in [4.78, 5) is 12.1. The van der Waals surface area contributed by atoms with Crippen molar-refractivity contribution >= 4 is 23.2 Å². The lowest BCUT2D eigenvalue weighted by atomic mass is 10.2. The number of benzene rings is 2. The highest BCUT2D eigenvalue weighted by Crippen LogP contribution is 2.23. The molecule has 0 aliphatic carbocycles. The van der Waals surface area contributed by atoms with Crippen LogP contribution in [0.15, 0.2) is 60.3 Å². The van der Waals surface area contributed by atoms with E-state index in [2.05, 4.69) is 10.6 Å². The molecule has 1 amide bonds. The summed E-state index contributed by atoms with van der Waals surface area (Å²) in [5.41, 5.74) is 2.57. The first-order valence-electron chi connectivity index (χ1n) is 7.06. The van der Waals surface area contributed by atoms with E-state index in [9.17, 15) is 4.79 Å². The number of carbonyl (C=O) groups excluding carboxylic acids is 1. The van der Waals surface area contributed by atoms with Gasteiger partial charge in [-0.2, -0.15) is 5.26 Å². The van der Waals surface area contributed by atoms with E-state index in [1.165, 1.54) is 6.20 Å². The van der Waals surface area contributed by atoms with E-state index in [1.54, 1.807) is 12.1 Å². The summed E-state index contributed by atoms with van der Waals surface area (Å²) in [5.74, 6) is -0.427. The molecule has 0 aliphatic rings. The molecule has 2 aromatic carbocycles. The van der Waals surface area contributed by atoms with Crippen molar-refractivity contribution in [1.29, 1.82) is 5.26 Å². The highest BCUT2D eigenvalue weighted by molar-refractivity contribution is 6.31. The average molecular weight is 326 g/mol. The summed E-state index contributed by atoms with van der Waals surface area (Å²) in [6.45, 7) is 2.23. The molecule has 116 valence electrons. The van der Waals surface area contributed by atoms with E-state index in [1.807, 2.05) is 49.4 Å². The number of hydrogen-bond donors (Lipinski definition) is 2. The molecule has 0 atom stereocenters. The number of anilines is 1. The van der Waals surface area contributed by atoms with Crippen LogP contribution in [0.1, 0.15) is 11.1 Å². The fraction of sp³-hybridized carbons (Fsp3) is 0.111. The Bertz CT molecular complexity index is 764. The number of rotatable bonds is 5. The van der Waals surface area contributed by atoms with Gasteiger partial charge in [0.25, 0.3) is 5.91 Å². The van der Waals surface area contributed by atoms with Gasteiger partial charge in [0.05, 0.1) is 0 Å². The van der Waals surface area contributed by atoms with Crippen LogP contribution in [0.4, 0.5) is 5.69 Å². The van der Waals surface area contributed by atoms with Crippen LogP contribution in [0.5, 0.6) is 0 Å². The summed E-state index contributed by atoms with van der Waals surface area (Å²) in [6.07, 6.45) is 1.39. The first kappa shape index (κ1) is 16.6. The van der Waals surface area contributed by atoms with Gasteiger partial charge in [0, 0.05) is 23.5 Å². The van der Waals surface area contributed by atoms with Gasteiger partial charge < -0.3 is 10.6 Å². The van der Waals surface area contributed by atoms with Crippen molar-refractivity contribution in [2.45, 2.75) is 13.5 Å². The van der Waals surface area contributed by atoms with Gasteiger partial charge in [0.15, 0.2) is 0 Å². The number of nitriles is 1. The molecule has 0 fully saturated rings. The van der Waals surface area contributed by atoms with E-state index in [0.29, 0.717) is 11.6 Å². The molecule has 0 radical (unpaired) electrons. The van der Waals surface area contributed by atoms with Crippen LogP contribution >= 0.6 is 11.6 Å². The van der Waals surface area contributed by atoms with Crippen molar-refractivity contribution in [1.82, 2.24) is 5.32 Å². The van der Waals surface area contributed by atoms with Crippen LogP contribution in [0.25, 0.3) is 0 Å². The lowest BCUT2D eigenvalue weighted by Gasteiger charge is -2.08. The molecular weight excluding hydrogens is 310 g/mol. The number of halogens is 1. The molecule has 0 saturated heterocycles. The maximum Gasteiger partial charge on any atom is 0.263 e. The standard InChI is InChI=1S/C18H16ClN3O/c1-13-16(19)8-5-9-17(13)21-12-15(10-20)18(23)22-11-14-6-3-2-4-7-14/h2-9,12,21H,11H2,1H3,(H,22,23)/b15-12-. The van der Waals surface area contributed by atoms with E-state index < -0.39 is 5.91 Å². The molecular formula is C18H16ClN3O. The third kappa shape index (κ3) is 4.60. The fourth-order valence-corrected chi connectivity index (χ4v) is 2.11. The normalized spacial score (nSPS) is 10.7. The van der Waals surface area contributed by atoms with Gasteiger partial charge in [-0.15, -0.1) is 0 Å². The summed E-state index contributed by atoms with van der Waals surface area (Å²) in [7, 11) is 0. The minimum absolute atomic E-state index is 0.000284. The van der Waals surface area contributed by atoms with Crippen LogP contribution in [0.2, 0.25) is 5.02 Å². The molecule has 0 aromatic heterocycles. The zero-order valence-electron chi connectivity index (χ0n) is 12.6. The Balaban J connectivity index is 2.02. The second kappa shape index (κ2) is 8.02. The molecule has 0 saturated carbocycles.